The van der Waals surface area contributed by atoms with Crippen LogP contribution in [0.1, 0.15) is 38.9 Å². The first-order valence-electron chi connectivity index (χ1n) is 10.5. The largest absolute Gasteiger partial charge is 0.335 e. The Morgan fingerprint density at radius 3 is 2.13 bits per heavy atom. The van der Waals surface area contributed by atoms with E-state index < -0.39 is 0 Å². The van der Waals surface area contributed by atoms with E-state index in [0.717, 1.165) is 17.7 Å². The lowest BCUT2D eigenvalue weighted by Gasteiger charge is -2.34. The topological polar surface area (TPSA) is 58.4 Å². The van der Waals surface area contributed by atoms with E-state index in [1.807, 2.05) is 34.7 Å². The van der Waals surface area contributed by atoms with E-state index >= 15 is 0 Å². The molecule has 2 heterocycles. The zero-order chi connectivity index (χ0) is 21.8. The summed E-state index contributed by atoms with van der Waals surface area (Å²) < 4.78 is 1.91. The van der Waals surface area contributed by atoms with Crippen LogP contribution in [0.3, 0.4) is 0 Å². The van der Waals surface area contributed by atoms with Gasteiger partial charge in [-0.15, -0.1) is 0 Å². The van der Waals surface area contributed by atoms with Crippen LogP contribution in [0.2, 0.25) is 5.02 Å². The quantitative estimate of drug-likeness (QED) is 0.612. The number of piperazine rings is 1. The fourth-order valence-electron chi connectivity index (χ4n) is 3.91. The molecular weight excluding hydrogens is 412 g/mol. The molecule has 0 radical (unpaired) electrons. The summed E-state index contributed by atoms with van der Waals surface area (Å²) in [4.78, 5) is 29.5. The summed E-state index contributed by atoms with van der Waals surface area (Å²) >= 11 is 5.91. The van der Waals surface area contributed by atoms with E-state index in [0.29, 0.717) is 48.9 Å². The molecule has 1 aliphatic rings. The van der Waals surface area contributed by atoms with Gasteiger partial charge in [0, 0.05) is 36.8 Å². The molecule has 1 fully saturated rings. The highest BCUT2D eigenvalue weighted by molar-refractivity contribution is 6.30. The van der Waals surface area contributed by atoms with E-state index in [4.69, 9.17) is 11.6 Å². The van der Waals surface area contributed by atoms with Crippen molar-refractivity contribution in [3.63, 3.8) is 0 Å². The van der Waals surface area contributed by atoms with Gasteiger partial charge in [0.15, 0.2) is 0 Å². The highest BCUT2D eigenvalue weighted by Crippen LogP contribution is 2.17. The van der Waals surface area contributed by atoms with Gasteiger partial charge in [0.1, 0.15) is 0 Å². The fraction of sp³-hybridized carbons (Fsp3) is 0.292. The first-order chi connectivity index (χ1) is 15.1. The Bertz CT molecular complexity index is 1050. The molecule has 0 aliphatic carbocycles. The zero-order valence-electron chi connectivity index (χ0n) is 17.5. The van der Waals surface area contributed by atoms with Crippen LogP contribution in [-0.2, 0) is 13.0 Å². The summed E-state index contributed by atoms with van der Waals surface area (Å²) in [5.41, 5.74) is 3.35. The minimum atomic E-state index is -0.0336. The number of aromatic nitrogens is 2. The first-order valence-corrected chi connectivity index (χ1v) is 10.9. The smallest absolute Gasteiger partial charge is 0.257 e. The van der Waals surface area contributed by atoms with Crippen LogP contribution in [0.15, 0.2) is 60.8 Å². The number of carbonyl (C=O) groups excluding carboxylic acids is 2. The van der Waals surface area contributed by atoms with Crippen LogP contribution in [0.5, 0.6) is 0 Å². The molecule has 4 rings (SSSR count). The standard InChI is InChI=1S/C24H25ClN4O2/c1-2-22-21(16-26-29(22)17-18-6-4-3-5-7-18)24(31)28-14-12-27(13-15-28)23(30)19-8-10-20(25)11-9-19/h3-11,16H,2,12-15,17H2,1H3. The van der Waals surface area contributed by atoms with Crippen LogP contribution in [0, 0.1) is 0 Å². The molecule has 160 valence electrons. The highest BCUT2D eigenvalue weighted by atomic mass is 35.5. The minimum absolute atomic E-state index is 0.0187. The van der Waals surface area contributed by atoms with E-state index in [1.165, 1.54) is 0 Å². The number of amides is 2. The Balaban J connectivity index is 1.41. The van der Waals surface area contributed by atoms with Gasteiger partial charge >= 0.3 is 0 Å². The molecule has 6 nitrogen and oxygen atoms in total. The maximum absolute atomic E-state index is 13.2. The second-order valence-electron chi connectivity index (χ2n) is 7.59. The summed E-state index contributed by atoms with van der Waals surface area (Å²) in [5, 5.41) is 5.09. The van der Waals surface area contributed by atoms with Crippen molar-refractivity contribution in [1.29, 1.82) is 0 Å². The van der Waals surface area contributed by atoms with Gasteiger partial charge in [0.05, 0.1) is 24.0 Å². The molecule has 0 N–H and O–H groups in total. The molecule has 3 aromatic rings. The lowest BCUT2D eigenvalue weighted by molar-refractivity contribution is 0.0535. The monoisotopic (exact) mass is 436 g/mol. The Kier molecular flexibility index (Phi) is 6.37. The summed E-state index contributed by atoms with van der Waals surface area (Å²) in [6, 6.07) is 17.0. The fourth-order valence-corrected chi connectivity index (χ4v) is 4.04. The van der Waals surface area contributed by atoms with Gasteiger partial charge in [-0.05, 0) is 36.2 Å². The maximum Gasteiger partial charge on any atom is 0.257 e. The van der Waals surface area contributed by atoms with Crippen molar-refractivity contribution in [1.82, 2.24) is 19.6 Å². The molecule has 0 spiro atoms. The van der Waals surface area contributed by atoms with Gasteiger partial charge in [0.2, 0.25) is 0 Å². The third-order valence-corrected chi connectivity index (χ3v) is 5.89. The average Bonchev–Trinajstić information content (AvgIpc) is 3.22. The number of hydrogen-bond donors (Lipinski definition) is 0. The van der Waals surface area contributed by atoms with Crippen molar-refractivity contribution in [2.24, 2.45) is 0 Å². The number of halogens is 1. The summed E-state index contributed by atoms with van der Waals surface area (Å²) in [5.74, 6) is -0.0524. The number of rotatable bonds is 5. The lowest BCUT2D eigenvalue weighted by atomic mass is 10.1. The second kappa shape index (κ2) is 9.35. The highest BCUT2D eigenvalue weighted by Gasteiger charge is 2.27. The molecule has 0 bridgehead atoms. The van der Waals surface area contributed by atoms with E-state index in [9.17, 15) is 9.59 Å². The third kappa shape index (κ3) is 4.64. The Morgan fingerprint density at radius 1 is 0.903 bits per heavy atom. The van der Waals surface area contributed by atoms with Crippen LogP contribution in [-0.4, -0.2) is 57.6 Å². The predicted octanol–water partition coefficient (Wildman–Crippen LogP) is 3.75. The van der Waals surface area contributed by atoms with E-state index in [2.05, 4.69) is 17.2 Å². The van der Waals surface area contributed by atoms with E-state index in [1.54, 1.807) is 35.4 Å². The second-order valence-corrected chi connectivity index (χ2v) is 8.03. The molecule has 1 saturated heterocycles. The number of carbonyl (C=O) groups is 2. The van der Waals surface area contributed by atoms with Gasteiger partial charge in [0.25, 0.3) is 11.8 Å². The lowest BCUT2D eigenvalue weighted by Crippen LogP contribution is -2.50. The van der Waals surface area contributed by atoms with Crippen molar-refractivity contribution in [3.05, 3.63) is 88.2 Å². The van der Waals surface area contributed by atoms with Crippen molar-refractivity contribution < 1.29 is 9.59 Å². The average molecular weight is 437 g/mol. The number of benzene rings is 2. The Morgan fingerprint density at radius 2 is 1.52 bits per heavy atom. The Hall–Kier alpha value is -3.12. The molecule has 2 aromatic carbocycles. The zero-order valence-corrected chi connectivity index (χ0v) is 18.3. The molecule has 0 atom stereocenters. The van der Waals surface area contributed by atoms with Gasteiger partial charge in [-0.25, -0.2) is 0 Å². The molecule has 0 unspecified atom stereocenters. The van der Waals surface area contributed by atoms with Gasteiger partial charge in [-0.2, -0.15) is 5.10 Å². The van der Waals surface area contributed by atoms with Crippen molar-refractivity contribution in [3.8, 4) is 0 Å². The minimum Gasteiger partial charge on any atom is -0.335 e. The molecule has 1 aromatic heterocycles. The number of hydrogen-bond acceptors (Lipinski definition) is 3. The van der Waals surface area contributed by atoms with Crippen molar-refractivity contribution in [2.45, 2.75) is 19.9 Å². The predicted molar refractivity (Wildman–Crippen MR) is 120 cm³/mol. The maximum atomic E-state index is 13.2. The molecule has 31 heavy (non-hydrogen) atoms. The van der Waals surface area contributed by atoms with Crippen LogP contribution < -0.4 is 0 Å². The van der Waals surface area contributed by atoms with E-state index in [-0.39, 0.29) is 11.8 Å². The third-order valence-electron chi connectivity index (χ3n) is 5.63. The molecule has 0 saturated carbocycles. The van der Waals surface area contributed by atoms with Gasteiger partial charge in [-0.3, -0.25) is 14.3 Å². The van der Waals surface area contributed by atoms with Crippen LogP contribution >= 0.6 is 11.6 Å². The van der Waals surface area contributed by atoms with Gasteiger partial charge < -0.3 is 9.80 Å². The number of nitrogens with zero attached hydrogens (tertiary/aromatic N) is 4. The van der Waals surface area contributed by atoms with Crippen molar-refractivity contribution >= 4 is 23.4 Å². The molecular formula is C24H25ClN4O2. The molecule has 1 aliphatic heterocycles. The van der Waals surface area contributed by atoms with Gasteiger partial charge in [-0.1, -0.05) is 48.9 Å². The van der Waals surface area contributed by atoms with Crippen LogP contribution in [0.4, 0.5) is 0 Å². The normalized spacial score (nSPS) is 14.0. The molecule has 7 heteroatoms. The SMILES string of the molecule is CCc1c(C(=O)N2CCN(C(=O)c3ccc(Cl)cc3)CC2)cnn1Cc1ccccc1. The Labute approximate surface area is 187 Å². The summed E-state index contributed by atoms with van der Waals surface area (Å²) in [6.07, 6.45) is 2.40. The first kappa shape index (κ1) is 21.1. The summed E-state index contributed by atoms with van der Waals surface area (Å²) in [7, 11) is 0. The summed E-state index contributed by atoms with van der Waals surface area (Å²) in [6.45, 7) is 4.70. The van der Waals surface area contributed by atoms with Crippen LogP contribution in [0.25, 0.3) is 0 Å². The van der Waals surface area contributed by atoms with Crippen molar-refractivity contribution in [2.75, 3.05) is 26.2 Å². The molecule has 2 amide bonds.